The smallest absolute Gasteiger partial charge is 0.227 e. The molecule has 1 amide bonds. The van der Waals surface area contributed by atoms with Crippen LogP contribution in [0.1, 0.15) is 6.42 Å². The Hall–Kier alpha value is -0.770. The van der Waals surface area contributed by atoms with Crippen molar-refractivity contribution < 1.29 is 9.90 Å². The number of hydrogen-bond donors (Lipinski definition) is 1. The topological polar surface area (TPSA) is 40.5 Å². The van der Waals surface area contributed by atoms with E-state index in [2.05, 4.69) is 0 Å². The fraction of sp³-hybridized carbons (Fsp3) is 0.364. The van der Waals surface area contributed by atoms with Crippen molar-refractivity contribution in [1.82, 2.24) is 0 Å². The maximum Gasteiger partial charge on any atom is 0.227 e. The largest absolute Gasteiger partial charge is 0.396 e. The van der Waals surface area contributed by atoms with Crippen LogP contribution in [-0.4, -0.2) is 24.2 Å². The first-order valence-electron chi connectivity index (χ1n) is 4.98. The lowest BCUT2D eigenvalue weighted by atomic mass is 10.1. The minimum Gasteiger partial charge on any atom is -0.396 e. The molecule has 1 unspecified atom stereocenters. The number of rotatable bonds is 2. The van der Waals surface area contributed by atoms with E-state index in [0.717, 1.165) is 0 Å². The lowest BCUT2D eigenvalue weighted by Gasteiger charge is -2.19. The Morgan fingerprint density at radius 1 is 1.38 bits per heavy atom. The summed E-state index contributed by atoms with van der Waals surface area (Å²) in [6.45, 7) is 0.475. The van der Waals surface area contributed by atoms with Crippen LogP contribution in [0.2, 0.25) is 10.0 Å². The highest BCUT2D eigenvalue weighted by Crippen LogP contribution is 2.36. The second-order valence-corrected chi connectivity index (χ2v) is 4.64. The van der Waals surface area contributed by atoms with E-state index in [1.807, 2.05) is 0 Å². The number of halogens is 2. The van der Waals surface area contributed by atoms with E-state index >= 15 is 0 Å². The lowest BCUT2D eigenvalue weighted by molar-refractivity contribution is -0.117. The molecule has 1 aliphatic rings. The Labute approximate surface area is 104 Å². The predicted molar refractivity (Wildman–Crippen MR) is 64.0 cm³/mol. The highest BCUT2D eigenvalue weighted by molar-refractivity contribution is 6.40. The highest BCUT2D eigenvalue weighted by atomic mass is 35.5. The van der Waals surface area contributed by atoms with Gasteiger partial charge in [-0.25, -0.2) is 0 Å². The standard InChI is InChI=1S/C11H11Cl2NO2/c12-8-2-1-3-9(13)11(8)14-5-7(6-15)4-10(14)16/h1-3,7,15H,4-6H2. The van der Waals surface area contributed by atoms with Gasteiger partial charge in [0.2, 0.25) is 5.91 Å². The Balaban J connectivity index is 2.35. The second-order valence-electron chi connectivity index (χ2n) is 3.83. The second kappa shape index (κ2) is 4.62. The van der Waals surface area contributed by atoms with Crippen molar-refractivity contribution in [2.45, 2.75) is 6.42 Å². The number of carbonyl (C=O) groups is 1. The molecule has 0 radical (unpaired) electrons. The van der Waals surface area contributed by atoms with Gasteiger partial charge in [-0.1, -0.05) is 29.3 Å². The molecule has 0 spiro atoms. The summed E-state index contributed by atoms with van der Waals surface area (Å²) in [6.07, 6.45) is 0.345. The van der Waals surface area contributed by atoms with Crippen molar-refractivity contribution >= 4 is 34.8 Å². The van der Waals surface area contributed by atoms with Crippen molar-refractivity contribution in [3.8, 4) is 0 Å². The minimum atomic E-state index is -0.0472. The van der Waals surface area contributed by atoms with Crippen molar-refractivity contribution in [3.05, 3.63) is 28.2 Å². The molecule has 1 aromatic carbocycles. The molecule has 3 nitrogen and oxygen atoms in total. The average molecular weight is 260 g/mol. The summed E-state index contributed by atoms with van der Waals surface area (Å²) >= 11 is 12.0. The molecule has 86 valence electrons. The third-order valence-electron chi connectivity index (χ3n) is 2.67. The van der Waals surface area contributed by atoms with E-state index in [1.165, 1.54) is 0 Å². The molecule has 1 aromatic rings. The minimum absolute atomic E-state index is 0.00428. The van der Waals surface area contributed by atoms with Gasteiger partial charge >= 0.3 is 0 Å². The van der Waals surface area contributed by atoms with Crippen LogP contribution in [0.5, 0.6) is 0 Å². The van der Waals surface area contributed by atoms with Crippen LogP contribution in [0.3, 0.4) is 0 Å². The zero-order chi connectivity index (χ0) is 11.7. The fourth-order valence-electron chi connectivity index (χ4n) is 1.87. The van der Waals surface area contributed by atoms with Crippen LogP contribution in [0.15, 0.2) is 18.2 Å². The zero-order valence-electron chi connectivity index (χ0n) is 8.49. The molecule has 1 aliphatic heterocycles. The molecule has 0 bridgehead atoms. The van der Waals surface area contributed by atoms with Gasteiger partial charge in [0.1, 0.15) is 0 Å². The van der Waals surface area contributed by atoms with Gasteiger partial charge < -0.3 is 10.0 Å². The van der Waals surface area contributed by atoms with Gasteiger partial charge in [0, 0.05) is 25.5 Å². The normalized spacial score (nSPS) is 20.6. The number of amides is 1. The van der Waals surface area contributed by atoms with Crippen LogP contribution in [0, 0.1) is 5.92 Å². The van der Waals surface area contributed by atoms with E-state index in [0.29, 0.717) is 28.7 Å². The Bertz CT molecular complexity index is 402. The molecule has 2 rings (SSSR count). The van der Waals surface area contributed by atoms with Crippen LogP contribution in [0.25, 0.3) is 0 Å². The SMILES string of the molecule is O=C1CC(CO)CN1c1c(Cl)cccc1Cl. The third-order valence-corrected chi connectivity index (χ3v) is 3.28. The number of anilines is 1. The first-order valence-corrected chi connectivity index (χ1v) is 5.74. The van der Waals surface area contributed by atoms with Crippen molar-refractivity contribution in [3.63, 3.8) is 0 Å². The van der Waals surface area contributed by atoms with E-state index < -0.39 is 0 Å². The maximum absolute atomic E-state index is 11.7. The predicted octanol–water partition coefficient (Wildman–Crippen LogP) is 2.34. The van der Waals surface area contributed by atoms with Gasteiger partial charge in [0.05, 0.1) is 15.7 Å². The Kier molecular flexibility index (Phi) is 3.38. The summed E-state index contributed by atoms with van der Waals surface area (Å²) in [5, 5.41) is 9.96. The lowest BCUT2D eigenvalue weighted by Crippen LogP contribution is -2.25. The first kappa shape index (κ1) is 11.7. The number of nitrogens with zero attached hydrogens (tertiary/aromatic N) is 1. The summed E-state index contributed by atoms with van der Waals surface area (Å²) < 4.78 is 0. The van der Waals surface area contributed by atoms with E-state index in [1.54, 1.807) is 23.1 Å². The van der Waals surface area contributed by atoms with E-state index in [9.17, 15) is 4.79 Å². The number of para-hydroxylation sites is 1. The van der Waals surface area contributed by atoms with Gasteiger partial charge in [-0.05, 0) is 12.1 Å². The molecule has 16 heavy (non-hydrogen) atoms. The Morgan fingerprint density at radius 2 is 2.00 bits per heavy atom. The summed E-state index contributed by atoms with van der Waals surface area (Å²) in [6, 6.07) is 5.13. The van der Waals surface area contributed by atoms with E-state index in [-0.39, 0.29) is 18.4 Å². The van der Waals surface area contributed by atoms with Gasteiger partial charge in [0.15, 0.2) is 0 Å². The molecule has 0 saturated carbocycles. The molecule has 1 atom stereocenters. The van der Waals surface area contributed by atoms with Crippen LogP contribution < -0.4 is 4.90 Å². The molecule has 1 heterocycles. The molecule has 1 N–H and O–H groups in total. The molecule has 0 aromatic heterocycles. The number of carbonyl (C=O) groups excluding carboxylic acids is 1. The van der Waals surface area contributed by atoms with Gasteiger partial charge in [-0.15, -0.1) is 0 Å². The van der Waals surface area contributed by atoms with Crippen molar-refractivity contribution in [2.75, 3.05) is 18.1 Å². The monoisotopic (exact) mass is 259 g/mol. The quantitative estimate of drug-likeness (QED) is 0.886. The summed E-state index contributed by atoms with van der Waals surface area (Å²) in [5.74, 6) is -0.0751. The molecule has 0 aliphatic carbocycles. The first-order chi connectivity index (χ1) is 7.63. The maximum atomic E-state index is 11.7. The van der Waals surface area contributed by atoms with E-state index in [4.69, 9.17) is 28.3 Å². The van der Waals surface area contributed by atoms with Crippen molar-refractivity contribution in [1.29, 1.82) is 0 Å². The number of aliphatic hydroxyl groups is 1. The van der Waals surface area contributed by atoms with Gasteiger partial charge in [-0.3, -0.25) is 4.79 Å². The van der Waals surface area contributed by atoms with Crippen molar-refractivity contribution in [2.24, 2.45) is 5.92 Å². The molecule has 5 heteroatoms. The van der Waals surface area contributed by atoms with Crippen LogP contribution in [0.4, 0.5) is 5.69 Å². The zero-order valence-corrected chi connectivity index (χ0v) is 10.0. The average Bonchev–Trinajstić information content (AvgIpc) is 2.60. The summed E-state index contributed by atoms with van der Waals surface area (Å²) in [4.78, 5) is 13.3. The van der Waals surface area contributed by atoms with Gasteiger partial charge in [-0.2, -0.15) is 0 Å². The molecular formula is C11H11Cl2NO2. The van der Waals surface area contributed by atoms with Crippen LogP contribution >= 0.6 is 23.2 Å². The fourth-order valence-corrected chi connectivity index (χ4v) is 2.47. The molecular weight excluding hydrogens is 249 g/mol. The highest BCUT2D eigenvalue weighted by Gasteiger charge is 2.32. The third kappa shape index (κ3) is 2.03. The summed E-state index contributed by atoms with van der Waals surface area (Å²) in [5.41, 5.74) is 0.548. The van der Waals surface area contributed by atoms with Crippen LogP contribution in [-0.2, 0) is 4.79 Å². The molecule has 1 fully saturated rings. The number of hydrogen-bond acceptors (Lipinski definition) is 2. The number of benzene rings is 1. The Morgan fingerprint density at radius 3 is 2.50 bits per heavy atom. The summed E-state index contributed by atoms with van der Waals surface area (Å²) in [7, 11) is 0. The molecule has 1 saturated heterocycles. The number of aliphatic hydroxyl groups excluding tert-OH is 1. The van der Waals surface area contributed by atoms with Gasteiger partial charge in [0.25, 0.3) is 0 Å².